The van der Waals surface area contributed by atoms with Crippen molar-refractivity contribution >= 4 is 10.0 Å². The van der Waals surface area contributed by atoms with Gasteiger partial charge in [0.2, 0.25) is 10.0 Å². The molecule has 1 aromatic heterocycles. The molecule has 18 heavy (non-hydrogen) atoms. The number of nitrogens with one attached hydrogen (secondary N) is 2. The third-order valence-corrected chi connectivity index (χ3v) is 4.13. The number of rotatable bonds is 7. The minimum Gasteiger partial charge on any atom is -0.390 e. The number of aromatic amines is 1. The molecule has 6 nitrogen and oxygen atoms in total. The lowest BCUT2D eigenvalue weighted by molar-refractivity contribution is 0.277. The third-order valence-electron chi connectivity index (χ3n) is 2.56. The molecular weight excluding hydrogens is 254 g/mol. The highest BCUT2D eigenvalue weighted by Gasteiger charge is 2.18. The first-order chi connectivity index (χ1) is 8.35. The van der Waals surface area contributed by atoms with Gasteiger partial charge in [0, 0.05) is 17.9 Å². The fraction of sp³-hybridized carbons (Fsp3) is 0.636. The van der Waals surface area contributed by atoms with Crippen molar-refractivity contribution < 1.29 is 13.5 Å². The van der Waals surface area contributed by atoms with Crippen LogP contribution in [0.15, 0.2) is 17.2 Å². The minimum absolute atomic E-state index is 0.134. The first-order valence-electron chi connectivity index (χ1n) is 5.80. The molecule has 0 bridgehead atoms. The number of hydrogen-bond acceptors (Lipinski definition) is 4. The molecule has 0 spiro atoms. The van der Waals surface area contributed by atoms with Gasteiger partial charge in [0.25, 0.3) is 0 Å². The van der Waals surface area contributed by atoms with Crippen LogP contribution in [0, 0.1) is 0 Å². The van der Waals surface area contributed by atoms with E-state index in [4.69, 9.17) is 5.11 Å². The summed E-state index contributed by atoms with van der Waals surface area (Å²) in [7, 11) is 0.383. The minimum atomic E-state index is -3.51. The van der Waals surface area contributed by atoms with Crippen LogP contribution < -0.4 is 4.72 Å². The van der Waals surface area contributed by atoms with E-state index in [1.165, 1.54) is 12.3 Å². The van der Waals surface area contributed by atoms with Crippen molar-refractivity contribution in [2.75, 3.05) is 20.6 Å². The summed E-state index contributed by atoms with van der Waals surface area (Å²) >= 11 is 0. The van der Waals surface area contributed by atoms with E-state index in [0.29, 0.717) is 5.69 Å². The summed E-state index contributed by atoms with van der Waals surface area (Å²) in [6.07, 6.45) is 2.12. The fourth-order valence-electron chi connectivity index (χ4n) is 1.51. The molecule has 0 saturated carbocycles. The SMILES string of the molecule is CC(CCN(C)C)NS(=O)(=O)c1c[nH]c(CO)c1. The van der Waals surface area contributed by atoms with Gasteiger partial charge < -0.3 is 15.0 Å². The van der Waals surface area contributed by atoms with Gasteiger partial charge in [-0.25, -0.2) is 13.1 Å². The molecule has 3 N–H and O–H groups in total. The van der Waals surface area contributed by atoms with Crippen LogP contribution in [0.25, 0.3) is 0 Å². The third kappa shape index (κ3) is 4.41. The molecule has 1 atom stereocenters. The zero-order valence-electron chi connectivity index (χ0n) is 11.0. The highest BCUT2D eigenvalue weighted by molar-refractivity contribution is 7.89. The molecule has 0 aliphatic carbocycles. The average molecular weight is 275 g/mol. The van der Waals surface area contributed by atoms with Crippen LogP contribution in [0.1, 0.15) is 19.0 Å². The Morgan fingerprint density at radius 2 is 2.17 bits per heavy atom. The summed E-state index contributed by atoms with van der Waals surface area (Å²) in [6.45, 7) is 2.45. The topological polar surface area (TPSA) is 85.4 Å². The summed E-state index contributed by atoms with van der Waals surface area (Å²) in [5, 5.41) is 8.89. The molecule has 104 valence electrons. The number of hydrogen-bond donors (Lipinski definition) is 3. The maximum absolute atomic E-state index is 12.0. The Morgan fingerprint density at radius 1 is 1.50 bits per heavy atom. The fourth-order valence-corrected chi connectivity index (χ4v) is 2.80. The van der Waals surface area contributed by atoms with Crippen molar-refractivity contribution in [2.24, 2.45) is 0 Å². The average Bonchev–Trinajstić information content (AvgIpc) is 2.75. The largest absolute Gasteiger partial charge is 0.390 e. The van der Waals surface area contributed by atoms with Crippen molar-refractivity contribution in [1.29, 1.82) is 0 Å². The Kier molecular flexibility index (Phi) is 5.33. The van der Waals surface area contributed by atoms with E-state index in [-0.39, 0.29) is 17.5 Å². The monoisotopic (exact) mass is 275 g/mol. The molecule has 1 aromatic rings. The number of aliphatic hydroxyl groups excluding tert-OH is 1. The van der Waals surface area contributed by atoms with Crippen LogP contribution in [0.2, 0.25) is 0 Å². The van der Waals surface area contributed by atoms with E-state index in [0.717, 1.165) is 13.0 Å². The highest BCUT2D eigenvalue weighted by atomic mass is 32.2. The first-order valence-corrected chi connectivity index (χ1v) is 7.28. The molecule has 1 heterocycles. The van der Waals surface area contributed by atoms with E-state index in [1.54, 1.807) is 0 Å². The van der Waals surface area contributed by atoms with Crippen LogP contribution >= 0.6 is 0 Å². The van der Waals surface area contributed by atoms with E-state index in [1.807, 2.05) is 25.9 Å². The highest BCUT2D eigenvalue weighted by Crippen LogP contribution is 2.11. The molecule has 7 heteroatoms. The van der Waals surface area contributed by atoms with E-state index in [9.17, 15) is 8.42 Å². The van der Waals surface area contributed by atoms with Crippen molar-refractivity contribution in [3.63, 3.8) is 0 Å². The number of nitrogens with zero attached hydrogens (tertiary/aromatic N) is 1. The van der Waals surface area contributed by atoms with Crippen LogP contribution in [-0.4, -0.2) is 50.1 Å². The summed E-state index contributed by atoms with van der Waals surface area (Å²) in [5.41, 5.74) is 0.483. The Bertz CT molecular complexity index is 468. The van der Waals surface area contributed by atoms with Crippen molar-refractivity contribution in [3.8, 4) is 0 Å². The number of H-pyrrole nitrogens is 1. The van der Waals surface area contributed by atoms with Gasteiger partial charge in [-0.1, -0.05) is 0 Å². The van der Waals surface area contributed by atoms with E-state index < -0.39 is 10.0 Å². The predicted octanol–water partition coefficient (Wildman–Crippen LogP) is 0.126. The van der Waals surface area contributed by atoms with Crippen molar-refractivity contribution in [1.82, 2.24) is 14.6 Å². The molecule has 0 saturated heterocycles. The summed E-state index contributed by atoms with van der Waals surface area (Å²) < 4.78 is 26.6. The smallest absolute Gasteiger partial charge is 0.242 e. The van der Waals surface area contributed by atoms with Crippen LogP contribution in [-0.2, 0) is 16.6 Å². The Morgan fingerprint density at radius 3 is 2.67 bits per heavy atom. The molecule has 0 aromatic carbocycles. The lowest BCUT2D eigenvalue weighted by Crippen LogP contribution is -2.34. The zero-order chi connectivity index (χ0) is 13.8. The van der Waals surface area contributed by atoms with Gasteiger partial charge in [0.15, 0.2) is 0 Å². The molecule has 0 amide bonds. The number of sulfonamides is 1. The second-order valence-electron chi connectivity index (χ2n) is 4.63. The molecule has 0 aliphatic rings. The van der Waals surface area contributed by atoms with Gasteiger partial charge in [-0.3, -0.25) is 0 Å². The van der Waals surface area contributed by atoms with Gasteiger partial charge >= 0.3 is 0 Å². The van der Waals surface area contributed by atoms with Crippen LogP contribution in [0.4, 0.5) is 0 Å². The van der Waals surface area contributed by atoms with Gasteiger partial charge in [-0.2, -0.15) is 0 Å². The predicted molar refractivity (Wildman–Crippen MR) is 69.7 cm³/mol. The van der Waals surface area contributed by atoms with Gasteiger partial charge in [0.05, 0.1) is 11.5 Å². The summed E-state index contributed by atoms with van der Waals surface area (Å²) in [6, 6.07) is 1.30. The maximum atomic E-state index is 12.0. The normalized spacial score (nSPS) is 14.1. The lowest BCUT2D eigenvalue weighted by Gasteiger charge is -2.16. The Balaban J connectivity index is 2.64. The Labute approximate surface area is 108 Å². The molecular formula is C11H21N3O3S. The summed E-state index contributed by atoms with van der Waals surface area (Å²) in [4.78, 5) is 4.87. The molecule has 1 unspecified atom stereocenters. The maximum Gasteiger partial charge on any atom is 0.242 e. The molecule has 1 rings (SSSR count). The Hall–Kier alpha value is -0.890. The molecule has 0 radical (unpaired) electrons. The van der Waals surface area contributed by atoms with Crippen LogP contribution in [0.3, 0.4) is 0 Å². The lowest BCUT2D eigenvalue weighted by atomic mass is 10.2. The van der Waals surface area contributed by atoms with Gasteiger partial charge in [-0.05, 0) is 40.1 Å². The summed E-state index contributed by atoms with van der Waals surface area (Å²) in [5.74, 6) is 0. The second-order valence-corrected chi connectivity index (χ2v) is 6.35. The van der Waals surface area contributed by atoms with Crippen LogP contribution in [0.5, 0.6) is 0 Å². The second kappa shape index (κ2) is 6.33. The van der Waals surface area contributed by atoms with Gasteiger partial charge in [-0.15, -0.1) is 0 Å². The van der Waals surface area contributed by atoms with E-state index in [2.05, 4.69) is 9.71 Å². The van der Waals surface area contributed by atoms with E-state index >= 15 is 0 Å². The van der Waals surface area contributed by atoms with Crippen molar-refractivity contribution in [3.05, 3.63) is 18.0 Å². The standard InChI is InChI=1S/C11H21N3O3S/c1-9(4-5-14(2)3)13-18(16,17)11-6-10(8-15)12-7-11/h6-7,9,12-13,15H,4-5,8H2,1-3H3. The zero-order valence-corrected chi connectivity index (χ0v) is 11.8. The number of aliphatic hydroxyl groups is 1. The quantitative estimate of drug-likeness (QED) is 0.660. The van der Waals surface area contributed by atoms with Gasteiger partial charge in [0.1, 0.15) is 0 Å². The molecule has 0 aliphatic heterocycles. The molecule has 0 fully saturated rings. The number of aromatic nitrogens is 1. The van der Waals surface area contributed by atoms with Crippen molar-refractivity contribution in [2.45, 2.75) is 30.9 Å². The first kappa shape index (κ1) is 15.2.